The molecule has 0 radical (unpaired) electrons. The van der Waals surface area contributed by atoms with Gasteiger partial charge < -0.3 is 10.6 Å². The number of amides is 1. The number of nitrogens with one attached hydrogen (secondary N) is 2. The summed E-state index contributed by atoms with van der Waals surface area (Å²) in [6.07, 6.45) is 2.84. The van der Waals surface area contributed by atoms with Crippen LogP contribution in [0.2, 0.25) is 0 Å². The molecule has 0 spiro atoms. The fraction of sp³-hybridized carbons (Fsp3) is 0.632. The molecule has 3 rings (SSSR count). The molecule has 2 unspecified atom stereocenters. The van der Waals surface area contributed by atoms with Crippen LogP contribution in [-0.4, -0.2) is 50.9 Å². The topological polar surface area (TPSA) is 78.5 Å². The molecule has 1 amide bonds. The molecule has 2 N–H and O–H groups in total. The van der Waals surface area contributed by atoms with Crippen molar-refractivity contribution in [3.05, 3.63) is 29.8 Å². The highest BCUT2D eigenvalue weighted by Crippen LogP contribution is 2.27. The first-order valence-electron chi connectivity index (χ1n) is 9.48. The largest absolute Gasteiger partial charge is 0.349 e. The van der Waals surface area contributed by atoms with Gasteiger partial charge in [0, 0.05) is 24.7 Å². The van der Waals surface area contributed by atoms with E-state index in [0.29, 0.717) is 30.5 Å². The summed E-state index contributed by atoms with van der Waals surface area (Å²) in [7, 11) is -3.57. The molecule has 2 fully saturated rings. The first kappa shape index (κ1) is 22.1. The van der Waals surface area contributed by atoms with Crippen molar-refractivity contribution < 1.29 is 13.2 Å². The fourth-order valence-electron chi connectivity index (χ4n) is 3.98. The lowest BCUT2D eigenvalue weighted by Crippen LogP contribution is -2.43. The molecule has 1 aromatic carbocycles. The van der Waals surface area contributed by atoms with Crippen LogP contribution >= 0.6 is 12.4 Å². The molecular weight excluding hydrogens is 386 g/mol. The van der Waals surface area contributed by atoms with Crippen molar-refractivity contribution in [2.45, 2.75) is 44.0 Å². The lowest BCUT2D eigenvalue weighted by atomic mass is 9.94. The summed E-state index contributed by atoms with van der Waals surface area (Å²) >= 11 is 0. The Bertz CT molecular complexity index is 740. The van der Waals surface area contributed by atoms with E-state index in [0.717, 1.165) is 32.4 Å². The summed E-state index contributed by atoms with van der Waals surface area (Å²) in [5.74, 6) is 0.495. The standard InChI is InChI=1S/C19H29N3O3S.ClH/c1-14-10-15(2)13-22(12-14)26(24,25)18-5-3-4-16(11-18)19(23)21-17-6-8-20-9-7-17;/h3-5,11,14-15,17,20H,6-10,12-13H2,1-2H3,(H,21,23);1H. The minimum atomic E-state index is -3.57. The zero-order valence-corrected chi connectivity index (χ0v) is 17.6. The van der Waals surface area contributed by atoms with Crippen LogP contribution in [0.25, 0.3) is 0 Å². The van der Waals surface area contributed by atoms with Crippen molar-refractivity contribution in [3.63, 3.8) is 0 Å². The lowest BCUT2D eigenvalue weighted by molar-refractivity contribution is 0.0929. The summed E-state index contributed by atoms with van der Waals surface area (Å²) < 4.78 is 27.6. The van der Waals surface area contributed by atoms with Gasteiger partial charge in [-0.2, -0.15) is 4.31 Å². The highest BCUT2D eigenvalue weighted by atomic mass is 35.5. The molecule has 1 aromatic rings. The second-order valence-electron chi connectivity index (χ2n) is 7.79. The minimum Gasteiger partial charge on any atom is -0.349 e. The van der Waals surface area contributed by atoms with Crippen LogP contribution in [0.5, 0.6) is 0 Å². The molecule has 2 aliphatic rings. The Morgan fingerprint density at radius 2 is 1.78 bits per heavy atom. The molecule has 0 aliphatic carbocycles. The summed E-state index contributed by atoms with van der Waals surface area (Å²) in [5.41, 5.74) is 0.405. The predicted molar refractivity (Wildman–Crippen MR) is 109 cm³/mol. The van der Waals surface area contributed by atoms with E-state index in [4.69, 9.17) is 0 Å². The van der Waals surface area contributed by atoms with Crippen molar-refractivity contribution in [2.24, 2.45) is 11.8 Å². The van der Waals surface area contributed by atoms with Crippen LogP contribution in [-0.2, 0) is 10.0 Å². The van der Waals surface area contributed by atoms with E-state index in [-0.39, 0.29) is 29.3 Å². The average molecular weight is 416 g/mol. The Morgan fingerprint density at radius 3 is 2.41 bits per heavy atom. The second-order valence-corrected chi connectivity index (χ2v) is 9.73. The van der Waals surface area contributed by atoms with Gasteiger partial charge in [-0.1, -0.05) is 19.9 Å². The zero-order chi connectivity index (χ0) is 18.7. The van der Waals surface area contributed by atoms with Gasteiger partial charge in [-0.05, 0) is 62.4 Å². The molecule has 2 aliphatic heterocycles. The molecule has 0 aromatic heterocycles. The third-order valence-electron chi connectivity index (χ3n) is 5.24. The number of hydrogen-bond donors (Lipinski definition) is 2. The van der Waals surface area contributed by atoms with Crippen LogP contribution in [0, 0.1) is 11.8 Å². The number of benzene rings is 1. The molecule has 2 heterocycles. The molecule has 2 atom stereocenters. The van der Waals surface area contributed by atoms with E-state index in [9.17, 15) is 13.2 Å². The van der Waals surface area contributed by atoms with E-state index < -0.39 is 10.0 Å². The van der Waals surface area contributed by atoms with Gasteiger partial charge >= 0.3 is 0 Å². The Morgan fingerprint density at radius 1 is 1.15 bits per heavy atom. The second kappa shape index (κ2) is 9.37. The molecule has 8 heteroatoms. The van der Waals surface area contributed by atoms with Gasteiger partial charge in [0.1, 0.15) is 0 Å². The maximum absolute atomic E-state index is 13.0. The van der Waals surface area contributed by atoms with Crippen molar-refractivity contribution in [1.29, 1.82) is 0 Å². The fourth-order valence-corrected chi connectivity index (χ4v) is 5.71. The van der Waals surface area contributed by atoms with E-state index in [1.807, 2.05) is 0 Å². The number of halogens is 1. The number of sulfonamides is 1. The van der Waals surface area contributed by atoms with E-state index >= 15 is 0 Å². The van der Waals surface area contributed by atoms with Crippen molar-refractivity contribution in [1.82, 2.24) is 14.9 Å². The molecule has 6 nitrogen and oxygen atoms in total. The van der Waals surface area contributed by atoms with Crippen LogP contribution in [0.1, 0.15) is 43.5 Å². The first-order chi connectivity index (χ1) is 12.4. The number of hydrogen-bond acceptors (Lipinski definition) is 4. The van der Waals surface area contributed by atoms with E-state index in [2.05, 4.69) is 24.5 Å². The quantitative estimate of drug-likeness (QED) is 0.790. The van der Waals surface area contributed by atoms with E-state index in [1.165, 1.54) is 6.07 Å². The highest BCUT2D eigenvalue weighted by Gasteiger charge is 2.32. The van der Waals surface area contributed by atoms with Crippen LogP contribution < -0.4 is 10.6 Å². The molecule has 152 valence electrons. The van der Waals surface area contributed by atoms with Gasteiger partial charge in [0.25, 0.3) is 5.91 Å². The van der Waals surface area contributed by atoms with Gasteiger partial charge in [-0.3, -0.25) is 4.79 Å². The number of carbonyl (C=O) groups is 1. The zero-order valence-electron chi connectivity index (χ0n) is 16.0. The minimum absolute atomic E-state index is 0. The van der Waals surface area contributed by atoms with Gasteiger partial charge in [0.05, 0.1) is 4.90 Å². The van der Waals surface area contributed by atoms with Crippen molar-refractivity contribution in [3.8, 4) is 0 Å². The maximum Gasteiger partial charge on any atom is 0.251 e. The maximum atomic E-state index is 13.0. The van der Waals surface area contributed by atoms with Crippen LogP contribution in [0.3, 0.4) is 0 Å². The van der Waals surface area contributed by atoms with Crippen LogP contribution in [0.4, 0.5) is 0 Å². The normalized spacial score (nSPS) is 24.8. The summed E-state index contributed by atoms with van der Waals surface area (Å²) in [5, 5.41) is 6.28. The van der Waals surface area contributed by atoms with Crippen molar-refractivity contribution in [2.75, 3.05) is 26.2 Å². The Hall–Kier alpha value is -1.15. The monoisotopic (exact) mass is 415 g/mol. The van der Waals surface area contributed by atoms with Gasteiger partial charge in [0.15, 0.2) is 0 Å². The molecular formula is C19H30ClN3O3S. The van der Waals surface area contributed by atoms with Gasteiger partial charge in [-0.15, -0.1) is 12.4 Å². The Labute approximate surface area is 168 Å². The van der Waals surface area contributed by atoms with Gasteiger partial charge in [-0.25, -0.2) is 8.42 Å². The molecule has 27 heavy (non-hydrogen) atoms. The number of rotatable bonds is 4. The SMILES string of the molecule is CC1CC(C)CN(S(=O)(=O)c2cccc(C(=O)NC3CCNCC3)c2)C1.Cl. The Balaban J connectivity index is 0.00000261. The summed E-state index contributed by atoms with van der Waals surface area (Å²) in [6.45, 7) is 7.04. The third kappa shape index (κ3) is 5.44. The lowest BCUT2D eigenvalue weighted by Gasteiger charge is -2.34. The van der Waals surface area contributed by atoms with Crippen molar-refractivity contribution >= 4 is 28.3 Å². The third-order valence-corrected chi connectivity index (χ3v) is 7.07. The number of carbonyl (C=O) groups excluding carboxylic acids is 1. The van der Waals surface area contributed by atoms with E-state index in [1.54, 1.807) is 22.5 Å². The molecule has 0 bridgehead atoms. The summed E-state index contributed by atoms with van der Waals surface area (Å²) in [4.78, 5) is 12.7. The van der Waals surface area contributed by atoms with Gasteiger partial charge in [0.2, 0.25) is 10.0 Å². The van der Waals surface area contributed by atoms with Crippen LogP contribution in [0.15, 0.2) is 29.2 Å². The smallest absolute Gasteiger partial charge is 0.251 e. The molecule has 2 saturated heterocycles. The Kier molecular flexibility index (Phi) is 7.68. The average Bonchev–Trinajstić information content (AvgIpc) is 2.62. The predicted octanol–water partition coefficient (Wildman–Crippen LogP) is 2.26. The first-order valence-corrected chi connectivity index (χ1v) is 10.9. The summed E-state index contributed by atoms with van der Waals surface area (Å²) in [6, 6.07) is 6.57. The highest BCUT2D eigenvalue weighted by molar-refractivity contribution is 7.89. The molecule has 0 saturated carbocycles. The number of nitrogens with zero attached hydrogens (tertiary/aromatic N) is 1. The number of piperidine rings is 2.